The lowest BCUT2D eigenvalue weighted by Crippen LogP contribution is -2.71. The topological polar surface area (TPSA) is 63.6 Å². The highest BCUT2D eigenvalue weighted by molar-refractivity contribution is 6.03. The first-order chi connectivity index (χ1) is 12.4. The van der Waals surface area contributed by atoms with Gasteiger partial charge in [0.1, 0.15) is 6.61 Å². The Hall–Kier alpha value is -1.00. The number of hydrogen-bond donors (Lipinski definition) is 1. The summed E-state index contributed by atoms with van der Waals surface area (Å²) in [6.07, 6.45) is 6.39. The number of carbonyl (C=O) groups is 2. The van der Waals surface area contributed by atoms with E-state index in [1.54, 1.807) is 0 Å². The standard InChI is InChI=1S/C22H30O4/c1-13-14-4-7-22(19(13)25)16(10-14)21-6-3-5-20(2,15(21)11-17(22)23)8-9-26-12-18(21)24/h14-17,23H,1,3-12H2,2H3/t14-,15+,16-,17+,20-,21-,22+/m0/s1. The fraction of sp³-hybridized carbons (Fsp3) is 0.818. The first-order valence-electron chi connectivity index (χ1n) is 10.4. The van der Waals surface area contributed by atoms with Crippen LogP contribution in [0, 0.1) is 34.0 Å². The van der Waals surface area contributed by atoms with Crippen LogP contribution in [0.3, 0.4) is 0 Å². The Labute approximate surface area is 155 Å². The van der Waals surface area contributed by atoms with Gasteiger partial charge in [0.15, 0.2) is 11.6 Å². The normalized spacial score (nSPS) is 53.5. The monoisotopic (exact) mass is 358 g/mol. The summed E-state index contributed by atoms with van der Waals surface area (Å²) in [4.78, 5) is 26.9. The number of aliphatic hydroxyl groups is 1. The SMILES string of the molecule is C=C1C(=O)[C@]23CC[C@H]1C[C@H]2[C@@]12CCC[C@@](C)(CCOCC1=O)[C@H]2C[C@H]3O. The summed E-state index contributed by atoms with van der Waals surface area (Å²) in [5.74, 6) is 0.603. The Balaban J connectivity index is 1.71. The molecule has 142 valence electrons. The smallest absolute Gasteiger partial charge is 0.167 e. The van der Waals surface area contributed by atoms with Gasteiger partial charge in [-0.25, -0.2) is 0 Å². The Morgan fingerprint density at radius 3 is 2.69 bits per heavy atom. The summed E-state index contributed by atoms with van der Waals surface area (Å²) in [5, 5.41) is 11.3. The van der Waals surface area contributed by atoms with Crippen molar-refractivity contribution in [1.82, 2.24) is 0 Å². The van der Waals surface area contributed by atoms with E-state index in [1.165, 1.54) is 0 Å². The summed E-state index contributed by atoms with van der Waals surface area (Å²) in [6, 6.07) is 0. The minimum Gasteiger partial charge on any atom is -0.392 e. The molecule has 0 amide bonds. The molecule has 5 saturated carbocycles. The van der Waals surface area contributed by atoms with Crippen molar-refractivity contribution in [1.29, 1.82) is 0 Å². The van der Waals surface area contributed by atoms with Crippen LogP contribution in [0.5, 0.6) is 0 Å². The summed E-state index contributed by atoms with van der Waals surface area (Å²) in [5.41, 5.74) is -0.528. The molecule has 0 aromatic rings. The molecule has 0 aromatic heterocycles. The second kappa shape index (κ2) is 5.29. The first kappa shape index (κ1) is 17.1. The number of carbonyl (C=O) groups excluding carboxylic acids is 2. The van der Waals surface area contributed by atoms with Crippen molar-refractivity contribution >= 4 is 11.6 Å². The number of allylic oxidation sites excluding steroid dienone is 1. The molecule has 0 radical (unpaired) electrons. The highest BCUT2D eigenvalue weighted by Gasteiger charge is 2.73. The minimum atomic E-state index is -0.768. The molecular weight excluding hydrogens is 328 g/mol. The minimum absolute atomic E-state index is 0.0215. The number of rotatable bonds is 0. The number of ether oxygens (including phenoxy) is 1. The zero-order valence-corrected chi connectivity index (χ0v) is 15.8. The highest BCUT2D eigenvalue weighted by Crippen LogP contribution is 2.72. The molecule has 4 nitrogen and oxygen atoms in total. The molecule has 1 aliphatic heterocycles. The molecule has 7 atom stereocenters. The summed E-state index contributed by atoms with van der Waals surface area (Å²) in [6.45, 7) is 7.17. The predicted octanol–water partition coefficient (Wildman–Crippen LogP) is 3.07. The van der Waals surface area contributed by atoms with E-state index in [4.69, 9.17) is 4.74 Å². The second-order valence-corrected chi connectivity index (χ2v) is 10.00. The van der Waals surface area contributed by atoms with Gasteiger partial charge in [-0.2, -0.15) is 0 Å². The van der Waals surface area contributed by atoms with Crippen LogP contribution in [0.25, 0.3) is 0 Å². The van der Waals surface area contributed by atoms with Crippen LogP contribution in [-0.4, -0.2) is 36.0 Å². The maximum Gasteiger partial charge on any atom is 0.167 e. The van der Waals surface area contributed by atoms with Crippen molar-refractivity contribution in [3.63, 3.8) is 0 Å². The maximum atomic E-state index is 13.6. The van der Waals surface area contributed by atoms with Gasteiger partial charge >= 0.3 is 0 Å². The number of hydrogen-bond acceptors (Lipinski definition) is 4. The largest absolute Gasteiger partial charge is 0.392 e. The van der Waals surface area contributed by atoms with Crippen LogP contribution in [-0.2, 0) is 14.3 Å². The first-order valence-corrected chi connectivity index (χ1v) is 10.4. The molecule has 0 aromatic carbocycles. The summed E-state index contributed by atoms with van der Waals surface area (Å²) < 4.78 is 5.75. The molecule has 1 saturated heterocycles. The van der Waals surface area contributed by atoms with Crippen molar-refractivity contribution in [3.05, 3.63) is 12.2 Å². The third-order valence-electron chi connectivity index (χ3n) is 9.30. The lowest BCUT2D eigenvalue weighted by Gasteiger charge is -2.68. The van der Waals surface area contributed by atoms with Crippen LogP contribution >= 0.6 is 0 Å². The average molecular weight is 358 g/mol. The van der Waals surface area contributed by atoms with Gasteiger partial charge in [-0.05, 0) is 73.7 Å². The average Bonchev–Trinajstić information content (AvgIpc) is 2.63. The van der Waals surface area contributed by atoms with Gasteiger partial charge in [0.2, 0.25) is 0 Å². The van der Waals surface area contributed by atoms with Crippen LogP contribution in [0.1, 0.15) is 58.3 Å². The van der Waals surface area contributed by atoms with E-state index >= 15 is 0 Å². The van der Waals surface area contributed by atoms with Crippen molar-refractivity contribution < 1.29 is 19.4 Å². The van der Waals surface area contributed by atoms with Gasteiger partial charge in [0, 0.05) is 12.0 Å². The molecular formula is C22H30O4. The second-order valence-electron chi connectivity index (χ2n) is 10.00. The van der Waals surface area contributed by atoms with E-state index in [0.29, 0.717) is 18.6 Å². The van der Waals surface area contributed by atoms with E-state index < -0.39 is 16.9 Å². The zero-order chi connectivity index (χ0) is 18.3. The van der Waals surface area contributed by atoms with Crippen LogP contribution < -0.4 is 0 Å². The number of ketones is 2. The van der Waals surface area contributed by atoms with E-state index in [2.05, 4.69) is 13.5 Å². The van der Waals surface area contributed by atoms with E-state index in [9.17, 15) is 14.7 Å². The Kier molecular flexibility index (Phi) is 3.48. The van der Waals surface area contributed by atoms with Crippen molar-refractivity contribution in [2.75, 3.05) is 13.2 Å². The highest BCUT2D eigenvalue weighted by atomic mass is 16.5. The fourth-order valence-corrected chi connectivity index (χ4v) is 8.02. The van der Waals surface area contributed by atoms with Gasteiger partial charge < -0.3 is 9.84 Å². The van der Waals surface area contributed by atoms with E-state index in [-0.39, 0.29) is 41.3 Å². The Morgan fingerprint density at radius 2 is 1.88 bits per heavy atom. The van der Waals surface area contributed by atoms with Crippen molar-refractivity contribution in [3.8, 4) is 0 Å². The molecule has 6 rings (SSSR count). The van der Waals surface area contributed by atoms with Gasteiger partial charge in [0.05, 0.1) is 11.5 Å². The number of fused-ring (bicyclic) bond motifs is 2. The van der Waals surface area contributed by atoms with E-state index in [1.807, 2.05) is 0 Å². The number of Topliss-reactive ketones (excluding diaryl/α,β-unsaturated/α-hetero) is 2. The quantitative estimate of drug-likeness (QED) is 0.676. The molecule has 4 heteroatoms. The zero-order valence-electron chi connectivity index (χ0n) is 15.8. The van der Waals surface area contributed by atoms with Crippen molar-refractivity contribution in [2.45, 2.75) is 64.4 Å². The third-order valence-corrected chi connectivity index (χ3v) is 9.30. The van der Waals surface area contributed by atoms with Gasteiger partial charge in [-0.1, -0.05) is 19.9 Å². The van der Waals surface area contributed by atoms with Crippen LogP contribution in [0.4, 0.5) is 0 Å². The molecule has 5 aliphatic carbocycles. The Morgan fingerprint density at radius 1 is 1.08 bits per heavy atom. The summed E-state index contributed by atoms with van der Waals surface area (Å²) in [7, 11) is 0. The molecule has 1 N–H and O–H groups in total. The van der Waals surface area contributed by atoms with Gasteiger partial charge in [-0.3, -0.25) is 9.59 Å². The van der Waals surface area contributed by atoms with E-state index in [0.717, 1.165) is 44.9 Å². The van der Waals surface area contributed by atoms with Crippen LogP contribution in [0.15, 0.2) is 12.2 Å². The molecule has 1 heterocycles. The van der Waals surface area contributed by atoms with Gasteiger partial charge in [-0.15, -0.1) is 0 Å². The van der Waals surface area contributed by atoms with Crippen molar-refractivity contribution in [2.24, 2.45) is 34.0 Å². The van der Waals surface area contributed by atoms with Gasteiger partial charge in [0.25, 0.3) is 0 Å². The molecule has 6 aliphatic rings. The lowest BCUT2D eigenvalue weighted by molar-refractivity contribution is -0.225. The molecule has 1 spiro atoms. The third kappa shape index (κ3) is 1.78. The fourth-order valence-electron chi connectivity index (χ4n) is 8.02. The molecule has 26 heavy (non-hydrogen) atoms. The summed E-state index contributed by atoms with van der Waals surface area (Å²) >= 11 is 0. The molecule has 0 unspecified atom stereocenters. The molecule has 4 bridgehead atoms. The predicted molar refractivity (Wildman–Crippen MR) is 96.4 cm³/mol. The van der Waals surface area contributed by atoms with Crippen LogP contribution in [0.2, 0.25) is 0 Å². The lowest BCUT2D eigenvalue weighted by atomic mass is 9.34. The maximum absolute atomic E-state index is 13.6. The molecule has 6 fully saturated rings. The Bertz CT molecular complexity index is 698. The number of aliphatic hydroxyl groups excluding tert-OH is 1.